The fourth-order valence-corrected chi connectivity index (χ4v) is 0. The standard InChI is InChI=1S/BH3O3.Sr.Yb.2H/c2-1(3)4;;;;/h2-4H;;;;/q;+2;;2*-1. The molecule has 0 unspecified atom stereocenters. The van der Waals surface area contributed by atoms with Gasteiger partial charge in [-0.2, -0.15) is 0 Å². The summed E-state index contributed by atoms with van der Waals surface area (Å²) >= 11 is 0. The molecular weight excluding hydrogens is 319 g/mol. The van der Waals surface area contributed by atoms with Gasteiger partial charge in [-0.3, -0.25) is 0 Å². The first-order valence-electron chi connectivity index (χ1n) is 0.775. The van der Waals surface area contributed by atoms with Gasteiger partial charge in [0.25, 0.3) is 0 Å². The van der Waals surface area contributed by atoms with E-state index in [9.17, 15) is 0 Å². The van der Waals surface area contributed by atoms with Gasteiger partial charge in [-0.15, -0.1) is 0 Å². The second-order valence-corrected chi connectivity index (χ2v) is 0.346. The molecule has 42 valence electrons. The van der Waals surface area contributed by atoms with Gasteiger partial charge in [-0.25, -0.2) is 0 Å². The quantitative estimate of drug-likeness (QED) is 0.443. The summed E-state index contributed by atoms with van der Waals surface area (Å²) in [5.41, 5.74) is 0. The van der Waals surface area contributed by atoms with Gasteiger partial charge in [-0.05, 0) is 0 Å². The van der Waals surface area contributed by atoms with Crippen LogP contribution in [0.4, 0.5) is 0 Å². The summed E-state index contributed by atoms with van der Waals surface area (Å²) in [5.74, 6) is 0. The maximum absolute atomic E-state index is 7.17. The van der Waals surface area contributed by atoms with Crippen LogP contribution in [0.3, 0.4) is 0 Å². The van der Waals surface area contributed by atoms with Crippen molar-refractivity contribution in [2.45, 2.75) is 0 Å². The minimum absolute atomic E-state index is 0. The fourth-order valence-electron chi connectivity index (χ4n) is 0. The van der Waals surface area contributed by atoms with Crippen molar-refractivity contribution in [3.63, 3.8) is 0 Å². The zero-order chi connectivity index (χ0) is 3.58. The van der Waals surface area contributed by atoms with Gasteiger partial charge in [0.15, 0.2) is 0 Å². The Labute approximate surface area is 115 Å². The third kappa shape index (κ3) is 28.3. The van der Waals surface area contributed by atoms with Crippen LogP contribution in [0.25, 0.3) is 0 Å². The maximum atomic E-state index is 7.17. The molecule has 3 nitrogen and oxygen atoms in total. The van der Waals surface area contributed by atoms with Crippen LogP contribution in [0, 0.1) is 46.9 Å². The predicted molar refractivity (Wildman–Crippen MR) is 20.4 cm³/mol. The number of hydrogen-bond acceptors (Lipinski definition) is 3. The van der Waals surface area contributed by atoms with E-state index in [0.717, 1.165) is 0 Å². The molecule has 0 aromatic heterocycles. The summed E-state index contributed by atoms with van der Waals surface area (Å²) in [5, 5.41) is 21.5. The van der Waals surface area contributed by atoms with Gasteiger partial charge in [-0.1, -0.05) is 0 Å². The van der Waals surface area contributed by atoms with E-state index in [2.05, 4.69) is 0 Å². The minimum Gasteiger partial charge on any atom is -1.00 e. The Hall–Kier alpha value is 2.94. The first kappa shape index (κ1) is 16.0. The van der Waals surface area contributed by atoms with E-state index in [1.54, 1.807) is 0 Å². The molecule has 0 fully saturated rings. The Balaban J connectivity index is -0.00000000750. The molecule has 0 spiro atoms. The topological polar surface area (TPSA) is 60.7 Å². The summed E-state index contributed by atoms with van der Waals surface area (Å²) in [6, 6.07) is 0. The molecule has 0 saturated heterocycles. The molecule has 0 bridgehead atoms. The van der Waals surface area contributed by atoms with Crippen LogP contribution in [0.5, 0.6) is 0 Å². The Morgan fingerprint density at radius 2 is 1.17 bits per heavy atom. The zero-order valence-corrected chi connectivity index (χ0v) is 8.08. The van der Waals surface area contributed by atoms with Crippen LogP contribution in [0.1, 0.15) is 2.85 Å². The van der Waals surface area contributed by atoms with Crippen molar-refractivity contribution >= 4 is 52.8 Å². The first-order valence-corrected chi connectivity index (χ1v) is 0.775. The molecule has 0 heterocycles. The molecule has 0 radical (unpaired) electrons. The summed E-state index contributed by atoms with van der Waals surface area (Å²) in [4.78, 5) is 0. The molecule has 0 aromatic rings. The maximum Gasteiger partial charge on any atom is 2.00 e. The molecule has 6 heavy (non-hydrogen) atoms. The van der Waals surface area contributed by atoms with Crippen molar-refractivity contribution < 1.29 is 64.8 Å². The molecule has 0 rings (SSSR count). The molecule has 0 aliphatic rings. The van der Waals surface area contributed by atoms with Gasteiger partial charge in [0, 0.05) is 46.9 Å². The first-order chi connectivity index (χ1) is 1.73. The molecule has 3 N–H and O–H groups in total. The van der Waals surface area contributed by atoms with E-state index >= 15 is 0 Å². The monoisotopic (exact) mass is 326 g/mol. The summed E-state index contributed by atoms with van der Waals surface area (Å²) in [7, 11) is -2.17. The van der Waals surface area contributed by atoms with Crippen LogP contribution < -0.4 is 0 Å². The Morgan fingerprint density at radius 1 is 1.17 bits per heavy atom. The van der Waals surface area contributed by atoms with Crippen molar-refractivity contribution in [1.82, 2.24) is 0 Å². The third-order valence-corrected chi connectivity index (χ3v) is 0. The van der Waals surface area contributed by atoms with Gasteiger partial charge >= 0.3 is 52.8 Å². The van der Waals surface area contributed by atoms with Crippen molar-refractivity contribution in [2.75, 3.05) is 0 Å². The average molecular weight is 325 g/mol. The van der Waals surface area contributed by atoms with Gasteiger partial charge in [0.05, 0.1) is 0 Å². The normalized spacial score (nSPS) is 4.50. The summed E-state index contributed by atoms with van der Waals surface area (Å²) in [6.45, 7) is 0. The number of rotatable bonds is 0. The molecular formula is H5BO3SrYb. The Morgan fingerprint density at radius 3 is 1.17 bits per heavy atom. The smallest absolute Gasteiger partial charge is 1.00 e. The zero-order valence-electron chi connectivity index (χ0n) is 4.89. The van der Waals surface area contributed by atoms with Crippen LogP contribution in [-0.4, -0.2) is 67.9 Å². The van der Waals surface area contributed by atoms with Gasteiger partial charge in [0.2, 0.25) is 0 Å². The SMILES string of the molecule is OB(O)O.[H-].[H-].[Sr+2].[Yb]. The second kappa shape index (κ2) is 10.8. The Kier molecular flexibility index (Phi) is 28.9. The van der Waals surface area contributed by atoms with E-state index in [1.807, 2.05) is 0 Å². The van der Waals surface area contributed by atoms with E-state index in [4.69, 9.17) is 15.1 Å². The van der Waals surface area contributed by atoms with Crippen LogP contribution in [0.2, 0.25) is 0 Å². The van der Waals surface area contributed by atoms with Crippen LogP contribution in [-0.2, 0) is 0 Å². The summed E-state index contributed by atoms with van der Waals surface area (Å²) < 4.78 is 0. The minimum atomic E-state index is -2.17. The van der Waals surface area contributed by atoms with Crippen molar-refractivity contribution in [2.24, 2.45) is 0 Å². The van der Waals surface area contributed by atoms with Gasteiger partial charge < -0.3 is 17.9 Å². The molecule has 0 aliphatic heterocycles. The average Bonchev–Trinajstić information content (AvgIpc) is 0.811. The van der Waals surface area contributed by atoms with E-state index < -0.39 is 7.32 Å². The van der Waals surface area contributed by atoms with Crippen molar-refractivity contribution in [3.05, 3.63) is 0 Å². The molecule has 6 heteroatoms. The molecule has 0 atom stereocenters. The van der Waals surface area contributed by atoms with E-state index in [0.29, 0.717) is 0 Å². The predicted octanol–water partition coefficient (Wildman–Crippen LogP) is -2.21. The van der Waals surface area contributed by atoms with E-state index in [-0.39, 0.29) is 95.3 Å². The number of hydrogen-bond donors (Lipinski definition) is 3. The van der Waals surface area contributed by atoms with Crippen molar-refractivity contribution in [1.29, 1.82) is 0 Å². The van der Waals surface area contributed by atoms with Crippen molar-refractivity contribution in [3.8, 4) is 0 Å². The molecule has 0 saturated carbocycles. The second-order valence-electron chi connectivity index (χ2n) is 0.346. The molecule has 0 amide bonds. The van der Waals surface area contributed by atoms with Crippen LogP contribution >= 0.6 is 0 Å². The van der Waals surface area contributed by atoms with Gasteiger partial charge in [0.1, 0.15) is 0 Å². The third-order valence-electron chi connectivity index (χ3n) is 0. The molecule has 0 aromatic carbocycles. The fraction of sp³-hybridized carbons (Fsp3) is 0. The Bertz CT molecular complexity index is 22.0. The van der Waals surface area contributed by atoms with Crippen LogP contribution in [0.15, 0.2) is 0 Å². The molecule has 0 aliphatic carbocycles. The summed E-state index contributed by atoms with van der Waals surface area (Å²) in [6.07, 6.45) is 0. The largest absolute Gasteiger partial charge is 2.00 e. The van der Waals surface area contributed by atoms with E-state index in [1.165, 1.54) is 0 Å².